The number of hydrogen-bond donors (Lipinski definition) is 2. The molecule has 1 amide bonds. The van der Waals surface area contributed by atoms with E-state index in [0.717, 1.165) is 0 Å². The van der Waals surface area contributed by atoms with Gasteiger partial charge in [-0.1, -0.05) is 30.3 Å². The number of carboxylic acid groups (broad SMARTS) is 1. The highest BCUT2D eigenvalue weighted by atomic mass is 16.5. The summed E-state index contributed by atoms with van der Waals surface area (Å²) >= 11 is 0. The normalized spacial score (nSPS) is 11.5. The zero-order valence-electron chi connectivity index (χ0n) is 11.9. The number of carboxylic acids is 1. The molecular weight excluding hydrogens is 274 g/mol. The molecule has 0 radical (unpaired) electrons. The molecule has 0 heterocycles. The largest absolute Gasteiger partial charge is 0.481 e. The van der Waals surface area contributed by atoms with Crippen LogP contribution in [0, 0.1) is 0 Å². The second kappa shape index (κ2) is 8.73. The van der Waals surface area contributed by atoms with E-state index < -0.39 is 17.9 Å². The molecule has 2 N–H and O–H groups in total. The minimum absolute atomic E-state index is 0.0112. The Balaban J connectivity index is 2.45. The Kier molecular flexibility index (Phi) is 6.94. The lowest BCUT2D eigenvalue weighted by molar-refractivity contribution is -0.144. The van der Waals surface area contributed by atoms with Crippen molar-refractivity contribution in [2.75, 3.05) is 13.2 Å². The van der Waals surface area contributed by atoms with Crippen molar-refractivity contribution >= 4 is 17.8 Å². The average molecular weight is 293 g/mol. The molecule has 1 aromatic rings. The third kappa shape index (κ3) is 6.07. The number of ether oxygens (including phenoxy) is 1. The second-order valence-electron chi connectivity index (χ2n) is 4.41. The van der Waals surface area contributed by atoms with E-state index in [1.807, 2.05) is 0 Å². The van der Waals surface area contributed by atoms with E-state index in [9.17, 15) is 19.5 Å². The van der Waals surface area contributed by atoms with Gasteiger partial charge in [0.15, 0.2) is 0 Å². The van der Waals surface area contributed by atoms with Gasteiger partial charge in [0.1, 0.15) is 0 Å². The summed E-state index contributed by atoms with van der Waals surface area (Å²) in [5, 5.41) is 11.7. The summed E-state index contributed by atoms with van der Waals surface area (Å²) < 4.78 is 4.71. The summed E-state index contributed by atoms with van der Waals surface area (Å²) in [5.41, 5.74) is 0.621. The van der Waals surface area contributed by atoms with E-state index >= 15 is 0 Å². The molecule has 0 saturated carbocycles. The van der Waals surface area contributed by atoms with Crippen molar-refractivity contribution in [3.05, 3.63) is 35.9 Å². The number of aliphatic carboxylic acids is 1. The SMILES string of the molecule is CCOC(=O)CCC(=O)NCC(C(=O)O)c1ccccc1. The van der Waals surface area contributed by atoms with E-state index in [0.29, 0.717) is 5.56 Å². The molecule has 0 saturated heterocycles. The molecule has 21 heavy (non-hydrogen) atoms. The van der Waals surface area contributed by atoms with Gasteiger partial charge in [-0.25, -0.2) is 0 Å². The van der Waals surface area contributed by atoms with Gasteiger partial charge < -0.3 is 15.2 Å². The standard InChI is InChI=1S/C15H19NO5/c1-2-21-14(18)9-8-13(17)16-10-12(15(19)20)11-6-4-3-5-7-11/h3-7,12H,2,8-10H2,1H3,(H,16,17)(H,19,20). The van der Waals surface area contributed by atoms with Crippen LogP contribution in [0.1, 0.15) is 31.2 Å². The van der Waals surface area contributed by atoms with Crippen LogP contribution in [0.5, 0.6) is 0 Å². The summed E-state index contributed by atoms with van der Waals surface area (Å²) in [5.74, 6) is -2.62. The Morgan fingerprint density at radius 3 is 2.43 bits per heavy atom. The smallest absolute Gasteiger partial charge is 0.312 e. The maximum absolute atomic E-state index is 11.6. The number of esters is 1. The predicted molar refractivity (Wildman–Crippen MR) is 75.7 cm³/mol. The van der Waals surface area contributed by atoms with Crippen molar-refractivity contribution < 1.29 is 24.2 Å². The molecule has 0 aliphatic heterocycles. The molecule has 0 aliphatic carbocycles. The molecule has 0 aromatic heterocycles. The summed E-state index contributed by atoms with van der Waals surface area (Å²) in [6.45, 7) is 1.95. The maximum atomic E-state index is 11.6. The fraction of sp³-hybridized carbons (Fsp3) is 0.400. The molecule has 6 nitrogen and oxygen atoms in total. The quantitative estimate of drug-likeness (QED) is 0.705. The van der Waals surface area contributed by atoms with Crippen molar-refractivity contribution in [3.8, 4) is 0 Å². The Morgan fingerprint density at radius 2 is 1.86 bits per heavy atom. The summed E-state index contributed by atoms with van der Waals surface area (Å²) in [6.07, 6.45) is -0.0251. The lowest BCUT2D eigenvalue weighted by Crippen LogP contribution is -2.32. The Bertz CT molecular complexity index is 486. The first kappa shape index (κ1) is 16.7. The van der Waals surface area contributed by atoms with E-state index in [1.165, 1.54) is 0 Å². The van der Waals surface area contributed by atoms with E-state index in [-0.39, 0.29) is 31.9 Å². The highest BCUT2D eigenvalue weighted by Gasteiger charge is 2.20. The first-order chi connectivity index (χ1) is 10.0. The fourth-order valence-corrected chi connectivity index (χ4v) is 1.79. The van der Waals surface area contributed by atoms with Crippen LogP contribution in [0.4, 0.5) is 0 Å². The number of nitrogens with one attached hydrogen (secondary N) is 1. The van der Waals surface area contributed by atoms with Crippen molar-refractivity contribution in [2.45, 2.75) is 25.7 Å². The molecule has 0 bridgehead atoms. The molecule has 1 aromatic carbocycles. The van der Waals surface area contributed by atoms with Crippen LogP contribution in [0.3, 0.4) is 0 Å². The number of carbonyl (C=O) groups excluding carboxylic acids is 2. The van der Waals surface area contributed by atoms with Crippen LogP contribution in [0.25, 0.3) is 0 Å². The van der Waals surface area contributed by atoms with Crippen molar-refractivity contribution in [2.24, 2.45) is 0 Å². The Morgan fingerprint density at radius 1 is 1.19 bits per heavy atom. The third-order valence-electron chi connectivity index (χ3n) is 2.86. The molecule has 0 aliphatic rings. The van der Waals surface area contributed by atoms with Gasteiger partial charge in [0, 0.05) is 13.0 Å². The Hall–Kier alpha value is -2.37. The van der Waals surface area contributed by atoms with Crippen LogP contribution in [0.2, 0.25) is 0 Å². The van der Waals surface area contributed by atoms with E-state index in [1.54, 1.807) is 37.3 Å². The lowest BCUT2D eigenvalue weighted by atomic mass is 9.99. The van der Waals surface area contributed by atoms with Crippen LogP contribution in [0.15, 0.2) is 30.3 Å². The molecule has 1 unspecified atom stereocenters. The molecule has 1 atom stereocenters. The molecule has 1 rings (SSSR count). The summed E-state index contributed by atoms with van der Waals surface area (Å²) in [7, 11) is 0. The van der Waals surface area contributed by atoms with Crippen LogP contribution in [-0.2, 0) is 19.1 Å². The summed E-state index contributed by atoms with van der Waals surface area (Å²) in [6, 6.07) is 8.68. The summed E-state index contributed by atoms with van der Waals surface area (Å²) in [4.78, 5) is 34.0. The lowest BCUT2D eigenvalue weighted by Gasteiger charge is -2.13. The van der Waals surface area contributed by atoms with Gasteiger partial charge in [-0.15, -0.1) is 0 Å². The molecule has 6 heteroatoms. The zero-order valence-corrected chi connectivity index (χ0v) is 11.9. The Labute approximate surface area is 123 Å². The first-order valence-corrected chi connectivity index (χ1v) is 6.74. The number of carbonyl (C=O) groups is 3. The van der Waals surface area contributed by atoms with Crippen LogP contribution < -0.4 is 5.32 Å². The first-order valence-electron chi connectivity index (χ1n) is 6.74. The monoisotopic (exact) mass is 293 g/mol. The minimum Gasteiger partial charge on any atom is -0.481 e. The topological polar surface area (TPSA) is 92.7 Å². The number of amides is 1. The predicted octanol–water partition coefficient (Wildman–Crippen LogP) is 1.31. The molecule has 0 fully saturated rings. The second-order valence-corrected chi connectivity index (χ2v) is 4.41. The van der Waals surface area contributed by atoms with Gasteiger partial charge in [0.2, 0.25) is 5.91 Å². The van der Waals surface area contributed by atoms with Crippen LogP contribution in [-0.4, -0.2) is 36.1 Å². The van der Waals surface area contributed by atoms with Crippen LogP contribution >= 0.6 is 0 Å². The van der Waals surface area contributed by atoms with E-state index in [4.69, 9.17) is 4.74 Å². The molecular formula is C15H19NO5. The fourth-order valence-electron chi connectivity index (χ4n) is 1.79. The minimum atomic E-state index is -1.01. The van der Waals surface area contributed by atoms with Gasteiger partial charge in [0.05, 0.1) is 18.9 Å². The number of rotatable bonds is 8. The molecule has 114 valence electrons. The highest BCUT2D eigenvalue weighted by molar-refractivity contribution is 5.82. The molecule has 0 spiro atoms. The van der Waals surface area contributed by atoms with Crippen molar-refractivity contribution in [1.29, 1.82) is 0 Å². The van der Waals surface area contributed by atoms with Crippen molar-refractivity contribution in [3.63, 3.8) is 0 Å². The maximum Gasteiger partial charge on any atom is 0.312 e. The van der Waals surface area contributed by atoms with Gasteiger partial charge in [-0.05, 0) is 12.5 Å². The average Bonchev–Trinajstić information content (AvgIpc) is 2.46. The van der Waals surface area contributed by atoms with E-state index in [2.05, 4.69) is 5.32 Å². The highest BCUT2D eigenvalue weighted by Crippen LogP contribution is 2.14. The number of benzene rings is 1. The number of hydrogen-bond acceptors (Lipinski definition) is 4. The van der Waals surface area contributed by atoms with Gasteiger partial charge >= 0.3 is 11.9 Å². The zero-order chi connectivity index (χ0) is 15.7. The van der Waals surface area contributed by atoms with Gasteiger partial charge in [0.25, 0.3) is 0 Å². The van der Waals surface area contributed by atoms with Gasteiger partial charge in [-0.3, -0.25) is 14.4 Å². The third-order valence-corrected chi connectivity index (χ3v) is 2.86. The van der Waals surface area contributed by atoms with Crippen molar-refractivity contribution in [1.82, 2.24) is 5.32 Å². The van der Waals surface area contributed by atoms with Gasteiger partial charge in [-0.2, -0.15) is 0 Å².